The van der Waals surface area contributed by atoms with Crippen LogP contribution in [0.2, 0.25) is 0 Å². The van der Waals surface area contributed by atoms with Crippen molar-refractivity contribution >= 4 is 33.0 Å². The SMILES string of the molecule is CCOc1cc(Nc2c(C)cc(Br)cc2C)ccc1N. The molecule has 0 atom stereocenters. The molecule has 0 bridgehead atoms. The number of halogens is 1. The van der Waals surface area contributed by atoms with Crippen LogP contribution in [0, 0.1) is 13.8 Å². The predicted molar refractivity (Wildman–Crippen MR) is 88.9 cm³/mol. The van der Waals surface area contributed by atoms with Crippen molar-refractivity contribution in [2.45, 2.75) is 20.8 Å². The van der Waals surface area contributed by atoms with Crippen molar-refractivity contribution in [1.82, 2.24) is 0 Å². The minimum atomic E-state index is 0.601. The lowest BCUT2D eigenvalue weighted by Crippen LogP contribution is -2.00. The second-order valence-electron chi connectivity index (χ2n) is 4.73. The zero-order valence-corrected chi connectivity index (χ0v) is 13.5. The third-order valence-corrected chi connectivity index (χ3v) is 3.54. The van der Waals surface area contributed by atoms with E-state index in [0.29, 0.717) is 18.0 Å². The Hall–Kier alpha value is -1.68. The van der Waals surface area contributed by atoms with Gasteiger partial charge in [0, 0.05) is 21.9 Å². The van der Waals surface area contributed by atoms with Crippen LogP contribution in [-0.2, 0) is 0 Å². The van der Waals surface area contributed by atoms with E-state index in [2.05, 4.69) is 47.2 Å². The molecular formula is C16H19BrN2O. The summed E-state index contributed by atoms with van der Waals surface area (Å²) in [5.74, 6) is 0.713. The lowest BCUT2D eigenvalue weighted by molar-refractivity contribution is 0.342. The minimum absolute atomic E-state index is 0.601. The molecule has 0 fully saturated rings. The first-order chi connectivity index (χ1) is 9.51. The Bertz CT molecular complexity index is 603. The molecule has 3 N–H and O–H groups in total. The number of nitrogens with one attached hydrogen (secondary N) is 1. The summed E-state index contributed by atoms with van der Waals surface area (Å²) in [6.07, 6.45) is 0. The molecular weight excluding hydrogens is 316 g/mol. The molecule has 2 aromatic carbocycles. The standard InChI is InChI=1S/C16H19BrN2O/c1-4-20-15-9-13(5-6-14(15)18)19-16-10(2)7-12(17)8-11(16)3/h5-9,19H,4,18H2,1-3H3. The van der Waals surface area contributed by atoms with Crippen molar-refractivity contribution in [1.29, 1.82) is 0 Å². The number of ether oxygens (including phenoxy) is 1. The number of benzene rings is 2. The van der Waals surface area contributed by atoms with E-state index in [-0.39, 0.29) is 0 Å². The van der Waals surface area contributed by atoms with Crippen LogP contribution in [0.1, 0.15) is 18.1 Å². The van der Waals surface area contributed by atoms with E-state index in [4.69, 9.17) is 10.5 Å². The van der Waals surface area contributed by atoms with Gasteiger partial charge in [-0.05, 0) is 56.2 Å². The van der Waals surface area contributed by atoms with E-state index in [0.717, 1.165) is 15.8 Å². The van der Waals surface area contributed by atoms with E-state index in [1.807, 2.05) is 25.1 Å². The van der Waals surface area contributed by atoms with E-state index in [1.54, 1.807) is 0 Å². The quantitative estimate of drug-likeness (QED) is 0.790. The number of rotatable bonds is 4. The van der Waals surface area contributed by atoms with Gasteiger partial charge in [-0.1, -0.05) is 15.9 Å². The predicted octanol–water partition coefficient (Wildman–Crippen LogP) is 4.79. The number of nitrogen functional groups attached to an aromatic ring is 1. The normalized spacial score (nSPS) is 10.4. The first-order valence-corrected chi connectivity index (χ1v) is 7.36. The number of anilines is 3. The van der Waals surface area contributed by atoms with Crippen LogP contribution >= 0.6 is 15.9 Å². The molecule has 0 heterocycles. The van der Waals surface area contributed by atoms with Gasteiger partial charge in [-0.3, -0.25) is 0 Å². The Morgan fingerprint density at radius 3 is 2.40 bits per heavy atom. The van der Waals surface area contributed by atoms with Crippen LogP contribution < -0.4 is 15.8 Å². The molecule has 0 saturated heterocycles. The first-order valence-electron chi connectivity index (χ1n) is 6.57. The van der Waals surface area contributed by atoms with Gasteiger partial charge < -0.3 is 15.8 Å². The van der Waals surface area contributed by atoms with Crippen molar-refractivity contribution in [2.75, 3.05) is 17.7 Å². The molecule has 0 aliphatic carbocycles. The lowest BCUT2D eigenvalue weighted by atomic mass is 10.1. The number of nitrogens with two attached hydrogens (primary N) is 1. The third-order valence-electron chi connectivity index (χ3n) is 3.08. The molecule has 4 heteroatoms. The van der Waals surface area contributed by atoms with Crippen LogP contribution in [0.5, 0.6) is 5.75 Å². The zero-order valence-electron chi connectivity index (χ0n) is 12.0. The summed E-state index contributed by atoms with van der Waals surface area (Å²) in [5, 5.41) is 3.44. The van der Waals surface area contributed by atoms with Gasteiger partial charge in [-0.15, -0.1) is 0 Å². The Labute approximate surface area is 128 Å². The summed E-state index contributed by atoms with van der Waals surface area (Å²) in [6, 6.07) is 9.93. The van der Waals surface area contributed by atoms with Crippen molar-refractivity contribution in [3.63, 3.8) is 0 Å². The second-order valence-corrected chi connectivity index (χ2v) is 5.64. The molecule has 0 aromatic heterocycles. The Morgan fingerprint density at radius 1 is 1.15 bits per heavy atom. The highest BCUT2D eigenvalue weighted by Crippen LogP contribution is 2.31. The van der Waals surface area contributed by atoms with Gasteiger partial charge in [0.25, 0.3) is 0 Å². The van der Waals surface area contributed by atoms with Crippen LogP contribution in [0.15, 0.2) is 34.8 Å². The van der Waals surface area contributed by atoms with Gasteiger partial charge in [0.05, 0.1) is 12.3 Å². The maximum absolute atomic E-state index is 5.89. The van der Waals surface area contributed by atoms with Crippen molar-refractivity contribution in [2.24, 2.45) is 0 Å². The number of aryl methyl sites for hydroxylation is 2. The Kier molecular flexibility index (Phi) is 4.55. The van der Waals surface area contributed by atoms with E-state index >= 15 is 0 Å². The Morgan fingerprint density at radius 2 is 1.80 bits per heavy atom. The molecule has 0 radical (unpaired) electrons. The molecule has 0 saturated carbocycles. The molecule has 0 unspecified atom stereocenters. The van der Waals surface area contributed by atoms with Gasteiger partial charge in [-0.2, -0.15) is 0 Å². The number of hydrogen-bond acceptors (Lipinski definition) is 3. The molecule has 0 spiro atoms. The molecule has 20 heavy (non-hydrogen) atoms. The van der Waals surface area contributed by atoms with Crippen molar-refractivity contribution in [3.05, 3.63) is 45.9 Å². The lowest BCUT2D eigenvalue weighted by Gasteiger charge is -2.15. The molecule has 0 aliphatic heterocycles. The van der Waals surface area contributed by atoms with Gasteiger partial charge in [0.2, 0.25) is 0 Å². The van der Waals surface area contributed by atoms with Crippen LogP contribution in [0.4, 0.5) is 17.1 Å². The maximum Gasteiger partial charge on any atom is 0.144 e. The molecule has 3 nitrogen and oxygen atoms in total. The fourth-order valence-corrected chi connectivity index (χ4v) is 2.83. The smallest absolute Gasteiger partial charge is 0.144 e. The maximum atomic E-state index is 5.89. The topological polar surface area (TPSA) is 47.3 Å². The Balaban J connectivity index is 2.33. The van der Waals surface area contributed by atoms with Crippen molar-refractivity contribution in [3.8, 4) is 5.75 Å². The molecule has 2 rings (SSSR count). The summed E-state index contributed by atoms with van der Waals surface area (Å²) in [6.45, 7) is 6.72. The summed E-state index contributed by atoms with van der Waals surface area (Å²) in [4.78, 5) is 0. The largest absolute Gasteiger partial charge is 0.492 e. The highest BCUT2D eigenvalue weighted by molar-refractivity contribution is 9.10. The van der Waals surface area contributed by atoms with Gasteiger partial charge >= 0.3 is 0 Å². The fourth-order valence-electron chi connectivity index (χ4n) is 2.14. The van der Waals surface area contributed by atoms with Gasteiger partial charge in [-0.25, -0.2) is 0 Å². The second kappa shape index (κ2) is 6.18. The fraction of sp³-hybridized carbons (Fsp3) is 0.250. The summed E-state index contributed by atoms with van der Waals surface area (Å²) < 4.78 is 6.61. The number of hydrogen-bond donors (Lipinski definition) is 2. The third kappa shape index (κ3) is 3.25. The van der Waals surface area contributed by atoms with E-state index < -0.39 is 0 Å². The van der Waals surface area contributed by atoms with Crippen LogP contribution in [0.25, 0.3) is 0 Å². The van der Waals surface area contributed by atoms with Gasteiger partial charge in [0.1, 0.15) is 5.75 Å². The summed E-state index contributed by atoms with van der Waals surface area (Å²) >= 11 is 3.51. The highest BCUT2D eigenvalue weighted by Gasteiger charge is 2.07. The van der Waals surface area contributed by atoms with E-state index in [1.165, 1.54) is 11.1 Å². The zero-order chi connectivity index (χ0) is 14.7. The molecule has 0 aliphatic rings. The average molecular weight is 335 g/mol. The minimum Gasteiger partial charge on any atom is -0.492 e. The van der Waals surface area contributed by atoms with Crippen LogP contribution in [-0.4, -0.2) is 6.61 Å². The molecule has 0 amide bonds. The van der Waals surface area contributed by atoms with E-state index in [9.17, 15) is 0 Å². The van der Waals surface area contributed by atoms with Gasteiger partial charge in [0.15, 0.2) is 0 Å². The summed E-state index contributed by atoms with van der Waals surface area (Å²) in [5.41, 5.74) is 11.0. The highest BCUT2D eigenvalue weighted by atomic mass is 79.9. The van der Waals surface area contributed by atoms with Crippen LogP contribution in [0.3, 0.4) is 0 Å². The average Bonchev–Trinajstić information content (AvgIpc) is 2.37. The first kappa shape index (κ1) is 14.7. The molecule has 2 aromatic rings. The van der Waals surface area contributed by atoms with Crippen molar-refractivity contribution < 1.29 is 4.74 Å². The summed E-state index contributed by atoms with van der Waals surface area (Å²) in [7, 11) is 0. The monoisotopic (exact) mass is 334 g/mol. The molecule has 106 valence electrons.